The van der Waals surface area contributed by atoms with Gasteiger partial charge in [-0.25, -0.2) is 18.1 Å². The van der Waals surface area contributed by atoms with E-state index in [0.717, 1.165) is 0 Å². The second kappa shape index (κ2) is 5.88. The molecular formula is C11H18N4O4S. The number of sulfonamides is 1. The van der Waals surface area contributed by atoms with Gasteiger partial charge >= 0.3 is 0 Å². The molecule has 0 radical (unpaired) electrons. The Hall–Kier alpha value is -1.48. The fraction of sp³-hybridized carbons (Fsp3) is 0.727. The highest BCUT2D eigenvalue weighted by atomic mass is 32.2. The third kappa shape index (κ3) is 3.54. The standard InChI is InChI=1S/C11H18N4O4S/c1-20(18,19)15-6-2-5-14(7-8-15)11(17)9-3-4-10(16)13-12-9/h2-8H2,1H3,(H,13,16). The molecule has 2 heterocycles. The van der Waals surface area contributed by atoms with E-state index >= 15 is 0 Å². The van der Waals surface area contributed by atoms with Crippen LogP contribution in [0, 0.1) is 0 Å². The largest absolute Gasteiger partial charge is 0.336 e. The Kier molecular flexibility index (Phi) is 4.39. The summed E-state index contributed by atoms with van der Waals surface area (Å²) in [6.07, 6.45) is 2.36. The Labute approximate surface area is 117 Å². The van der Waals surface area contributed by atoms with Crippen molar-refractivity contribution in [3.05, 3.63) is 0 Å². The summed E-state index contributed by atoms with van der Waals surface area (Å²) in [6.45, 7) is 1.56. The molecule has 0 aromatic carbocycles. The molecule has 0 spiro atoms. The highest BCUT2D eigenvalue weighted by Crippen LogP contribution is 2.10. The van der Waals surface area contributed by atoms with Gasteiger partial charge in [-0.05, 0) is 6.42 Å². The minimum atomic E-state index is -3.22. The van der Waals surface area contributed by atoms with Crippen molar-refractivity contribution >= 4 is 27.5 Å². The van der Waals surface area contributed by atoms with Crippen molar-refractivity contribution in [2.45, 2.75) is 19.3 Å². The van der Waals surface area contributed by atoms with Crippen LogP contribution in [0.5, 0.6) is 0 Å². The summed E-state index contributed by atoms with van der Waals surface area (Å²) in [7, 11) is -3.22. The molecule has 9 heteroatoms. The normalized spacial score (nSPS) is 21.9. The van der Waals surface area contributed by atoms with Crippen LogP contribution in [0.2, 0.25) is 0 Å². The lowest BCUT2D eigenvalue weighted by Crippen LogP contribution is -2.42. The van der Waals surface area contributed by atoms with E-state index in [1.54, 1.807) is 4.90 Å². The zero-order chi connectivity index (χ0) is 14.8. The van der Waals surface area contributed by atoms with E-state index in [9.17, 15) is 18.0 Å². The smallest absolute Gasteiger partial charge is 0.270 e. The van der Waals surface area contributed by atoms with E-state index in [1.807, 2.05) is 0 Å². The van der Waals surface area contributed by atoms with Gasteiger partial charge in [0, 0.05) is 39.0 Å². The molecule has 1 saturated heterocycles. The summed E-state index contributed by atoms with van der Waals surface area (Å²) >= 11 is 0. The SMILES string of the molecule is CS(=O)(=O)N1CCCN(C(=O)C2=NNC(=O)CC2)CC1. The zero-order valence-corrected chi connectivity index (χ0v) is 12.1. The van der Waals surface area contributed by atoms with Crippen LogP contribution >= 0.6 is 0 Å². The van der Waals surface area contributed by atoms with E-state index in [2.05, 4.69) is 10.5 Å². The van der Waals surface area contributed by atoms with Crippen molar-refractivity contribution in [2.75, 3.05) is 32.4 Å². The van der Waals surface area contributed by atoms with Gasteiger partial charge in [-0.1, -0.05) is 0 Å². The molecule has 20 heavy (non-hydrogen) atoms. The molecule has 2 amide bonds. The van der Waals surface area contributed by atoms with E-state index in [-0.39, 0.29) is 18.2 Å². The monoisotopic (exact) mass is 302 g/mol. The van der Waals surface area contributed by atoms with Gasteiger partial charge in [0.15, 0.2) is 0 Å². The van der Waals surface area contributed by atoms with Crippen molar-refractivity contribution < 1.29 is 18.0 Å². The Morgan fingerprint density at radius 3 is 2.55 bits per heavy atom. The second-order valence-corrected chi connectivity index (χ2v) is 6.88. The lowest BCUT2D eigenvalue weighted by Gasteiger charge is -2.22. The fourth-order valence-electron chi connectivity index (χ4n) is 2.24. The first-order valence-electron chi connectivity index (χ1n) is 6.48. The molecule has 0 saturated carbocycles. The summed E-state index contributed by atoms with van der Waals surface area (Å²) in [6, 6.07) is 0. The van der Waals surface area contributed by atoms with E-state index < -0.39 is 10.0 Å². The van der Waals surface area contributed by atoms with Crippen molar-refractivity contribution in [3.63, 3.8) is 0 Å². The predicted molar refractivity (Wildman–Crippen MR) is 72.4 cm³/mol. The first kappa shape index (κ1) is 14.9. The highest BCUT2D eigenvalue weighted by molar-refractivity contribution is 7.88. The van der Waals surface area contributed by atoms with Crippen molar-refractivity contribution in [3.8, 4) is 0 Å². The van der Waals surface area contributed by atoms with Crippen LogP contribution in [-0.4, -0.2) is 67.6 Å². The summed E-state index contributed by atoms with van der Waals surface area (Å²) in [4.78, 5) is 24.8. The molecular weight excluding hydrogens is 284 g/mol. The molecule has 0 atom stereocenters. The van der Waals surface area contributed by atoms with Gasteiger partial charge in [0.1, 0.15) is 5.71 Å². The third-order valence-electron chi connectivity index (χ3n) is 3.36. The molecule has 2 aliphatic heterocycles. The van der Waals surface area contributed by atoms with Crippen LogP contribution in [0.4, 0.5) is 0 Å². The Bertz CT molecular complexity index is 543. The van der Waals surface area contributed by atoms with Crippen LogP contribution in [0.25, 0.3) is 0 Å². The number of nitrogens with one attached hydrogen (secondary N) is 1. The molecule has 0 unspecified atom stereocenters. The maximum absolute atomic E-state index is 12.2. The van der Waals surface area contributed by atoms with Crippen LogP contribution in [0.3, 0.4) is 0 Å². The Balaban J connectivity index is 2.00. The summed E-state index contributed by atoms with van der Waals surface area (Å²) < 4.78 is 24.4. The van der Waals surface area contributed by atoms with E-state index in [1.165, 1.54) is 10.6 Å². The number of nitrogens with zero attached hydrogens (tertiary/aromatic N) is 3. The first-order valence-corrected chi connectivity index (χ1v) is 8.32. The van der Waals surface area contributed by atoms with Crippen molar-refractivity contribution in [1.29, 1.82) is 0 Å². The molecule has 8 nitrogen and oxygen atoms in total. The molecule has 0 bridgehead atoms. The van der Waals surface area contributed by atoms with Gasteiger partial charge in [-0.3, -0.25) is 9.59 Å². The second-order valence-electron chi connectivity index (χ2n) is 4.90. The number of hydrogen-bond acceptors (Lipinski definition) is 5. The molecule has 2 rings (SSSR count). The summed E-state index contributed by atoms with van der Waals surface area (Å²) in [5.41, 5.74) is 2.63. The molecule has 2 aliphatic rings. The fourth-order valence-corrected chi connectivity index (χ4v) is 3.11. The van der Waals surface area contributed by atoms with Crippen molar-refractivity contribution in [2.24, 2.45) is 5.10 Å². The zero-order valence-electron chi connectivity index (χ0n) is 11.3. The number of carbonyl (C=O) groups excluding carboxylic acids is 2. The molecule has 112 valence electrons. The van der Waals surface area contributed by atoms with Gasteiger partial charge in [-0.15, -0.1) is 0 Å². The summed E-state index contributed by atoms with van der Waals surface area (Å²) in [5, 5.41) is 3.78. The average molecular weight is 302 g/mol. The molecule has 1 N–H and O–H groups in total. The molecule has 1 fully saturated rings. The number of amides is 2. The molecule has 0 aliphatic carbocycles. The minimum absolute atomic E-state index is 0.194. The Morgan fingerprint density at radius 2 is 1.95 bits per heavy atom. The van der Waals surface area contributed by atoms with Gasteiger partial charge in [0.05, 0.1) is 6.26 Å². The quantitative estimate of drug-likeness (QED) is 0.688. The van der Waals surface area contributed by atoms with Crippen molar-refractivity contribution in [1.82, 2.24) is 14.6 Å². The minimum Gasteiger partial charge on any atom is -0.336 e. The average Bonchev–Trinajstić information content (AvgIpc) is 2.64. The topological polar surface area (TPSA) is 99.2 Å². The van der Waals surface area contributed by atoms with Crippen LogP contribution < -0.4 is 5.43 Å². The number of carbonyl (C=O) groups is 2. The van der Waals surface area contributed by atoms with Crippen LogP contribution in [-0.2, 0) is 19.6 Å². The maximum atomic E-state index is 12.2. The summed E-state index contributed by atoms with van der Waals surface area (Å²) in [5.74, 6) is -0.416. The van der Waals surface area contributed by atoms with Gasteiger partial charge < -0.3 is 4.90 Å². The third-order valence-corrected chi connectivity index (χ3v) is 4.67. The number of hydrogen-bond donors (Lipinski definition) is 1. The van der Waals surface area contributed by atoms with Gasteiger partial charge in [0.25, 0.3) is 5.91 Å². The van der Waals surface area contributed by atoms with E-state index in [0.29, 0.717) is 44.7 Å². The Morgan fingerprint density at radius 1 is 1.20 bits per heavy atom. The number of rotatable bonds is 2. The van der Waals surface area contributed by atoms with Gasteiger partial charge in [0.2, 0.25) is 15.9 Å². The van der Waals surface area contributed by atoms with Crippen LogP contribution in [0.1, 0.15) is 19.3 Å². The predicted octanol–water partition coefficient (Wildman–Crippen LogP) is -1.25. The lowest BCUT2D eigenvalue weighted by molar-refractivity contribution is -0.124. The molecule has 0 aromatic rings. The first-order chi connectivity index (χ1) is 9.38. The maximum Gasteiger partial charge on any atom is 0.270 e. The number of hydrazone groups is 1. The highest BCUT2D eigenvalue weighted by Gasteiger charge is 2.27. The lowest BCUT2D eigenvalue weighted by atomic mass is 10.1. The van der Waals surface area contributed by atoms with Gasteiger partial charge in [-0.2, -0.15) is 5.10 Å². The van der Waals surface area contributed by atoms with E-state index in [4.69, 9.17) is 0 Å². The van der Waals surface area contributed by atoms with Crippen LogP contribution in [0.15, 0.2) is 5.10 Å². The molecule has 0 aromatic heterocycles.